The Hall–Kier alpha value is -1.75. The molecule has 1 heterocycles. The lowest BCUT2D eigenvalue weighted by Crippen LogP contribution is -2.31. The zero-order valence-corrected chi connectivity index (χ0v) is 9.15. The summed E-state index contributed by atoms with van der Waals surface area (Å²) in [6.45, 7) is 0.263. The molecule has 2 rings (SSSR count). The van der Waals surface area contributed by atoms with E-state index in [0.29, 0.717) is 12.8 Å². The molecule has 0 radical (unpaired) electrons. The molecule has 5 heteroatoms. The molecule has 0 saturated carbocycles. The third-order valence-corrected chi connectivity index (χ3v) is 2.73. The number of benzene rings is 1. The van der Waals surface area contributed by atoms with E-state index in [0.717, 1.165) is 4.90 Å². The standard InChI is InChI=1S/C12H12FNO3/c13-9-5-3-4-8-10(9)14(6-1-2-7-15)12(17)11(8)16/h3-5,15H,1-2,6-7H2. The van der Waals surface area contributed by atoms with Gasteiger partial charge in [-0.25, -0.2) is 4.39 Å². The Bertz CT molecular complexity index is 473. The lowest BCUT2D eigenvalue weighted by atomic mass is 10.1. The van der Waals surface area contributed by atoms with Gasteiger partial charge in [-0.1, -0.05) is 6.07 Å². The average Bonchev–Trinajstić information content (AvgIpc) is 2.56. The maximum absolute atomic E-state index is 13.6. The number of anilines is 1. The quantitative estimate of drug-likeness (QED) is 0.630. The maximum atomic E-state index is 13.6. The molecule has 90 valence electrons. The second kappa shape index (κ2) is 4.63. The Kier molecular flexibility index (Phi) is 3.19. The van der Waals surface area contributed by atoms with Crippen LogP contribution < -0.4 is 4.90 Å². The number of Topliss-reactive ketones (excluding diaryl/α,β-unsaturated/α-hetero) is 1. The Morgan fingerprint density at radius 3 is 2.71 bits per heavy atom. The van der Waals surface area contributed by atoms with Crippen molar-refractivity contribution in [3.8, 4) is 0 Å². The Labute approximate surface area is 97.7 Å². The van der Waals surface area contributed by atoms with Gasteiger partial charge in [0.15, 0.2) is 0 Å². The molecule has 0 atom stereocenters. The van der Waals surface area contributed by atoms with E-state index in [2.05, 4.69) is 0 Å². The van der Waals surface area contributed by atoms with E-state index in [9.17, 15) is 14.0 Å². The fraction of sp³-hybridized carbons (Fsp3) is 0.333. The number of para-hydroxylation sites is 1. The third-order valence-electron chi connectivity index (χ3n) is 2.73. The second-order valence-electron chi connectivity index (χ2n) is 3.85. The minimum Gasteiger partial charge on any atom is -0.396 e. The fourth-order valence-corrected chi connectivity index (χ4v) is 1.91. The van der Waals surface area contributed by atoms with Crippen LogP contribution in [-0.2, 0) is 4.79 Å². The number of carbonyl (C=O) groups excluding carboxylic acids is 2. The van der Waals surface area contributed by atoms with Gasteiger partial charge >= 0.3 is 0 Å². The van der Waals surface area contributed by atoms with E-state index < -0.39 is 17.5 Å². The van der Waals surface area contributed by atoms with Gasteiger partial charge in [0.05, 0.1) is 11.3 Å². The molecule has 1 aromatic carbocycles. The van der Waals surface area contributed by atoms with Crippen molar-refractivity contribution in [2.45, 2.75) is 12.8 Å². The largest absolute Gasteiger partial charge is 0.396 e. The Morgan fingerprint density at radius 2 is 2.00 bits per heavy atom. The SMILES string of the molecule is O=C1C(=O)N(CCCCO)c2c(F)cccc21. The number of fused-ring (bicyclic) bond motifs is 1. The van der Waals surface area contributed by atoms with E-state index in [1.54, 1.807) is 0 Å². The zero-order valence-electron chi connectivity index (χ0n) is 9.15. The van der Waals surface area contributed by atoms with Crippen LogP contribution in [0.3, 0.4) is 0 Å². The Balaban J connectivity index is 2.30. The van der Waals surface area contributed by atoms with E-state index in [1.807, 2.05) is 0 Å². The van der Waals surface area contributed by atoms with E-state index in [1.165, 1.54) is 18.2 Å². The molecular weight excluding hydrogens is 225 g/mol. The van der Waals surface area contributed by atoms with Crippen LogP contribution in [0.25, 0.3) is 0 Å². The first kappa shape index (κ1) is 11.7. The Morgan fingerprint density at radius 1 is 1.24 bits per heavy atom. The zero-order chi connectivity index (χ0) is 12.4. The summed E-state index contributed by atoms with van der Waals surface area (Å²) in [5.41, 5.74) is 0.194. The second-order valence-corrected chi connectivity index (χ2v) is 3.85. The van der Waals surface area contributed by atoms with Gasteiger partial charge in [0, 0.05) is 13.2 Å². The van der Waals surface area contributed by atoms with Crippen molar-refractivity contribution in [1.82, 2.24) is 0 Å². The molecule has 0 aromatic heterocycles. The summed E-state index contributed by atoms with van der Waals surface area (Å²) >= 11 is 0. The van der Waals surface area contributed by atoms with Gasteiger partial charge < -0.3 is 10.0 Å². The lowest BCUT2D eigenvalue weighted by Gasteiger charge is -2.16. The fourth-order valence-electron chi connectivity index (χ4n) is 1.91. The highest BCUT2D eigenvalue weighted by molar-refractivity contribution is 6.52. The van der Waals surface area contributed by atoms with Crippen LogP contribution >= 0.6 is 0 Å². The predicted molar refractivity (Wildman–Crippen MR) is 59.4 cm³/mol. The molecular formula is C12H12FNO3. The van der Waals surface area contributed by atoms with Gasteiger partial charge in [0.1, 0.15) is 5.82 Å². The summed E-state index contributed by atoms with van der Waals surface area (Å²) < 4.78 is 13.6. The number of hydrogen-bond acceptors (Lipinski definition) is 3. The third kappa shape index (κ3) is 1.93. The van der Waals surface area contributed by atoms with Gasteiger partial charge in [-0.15, -0.1) is 0 Å². The lowest BCUT2D eigenvalue weighted by molar-refractivity contribution is -0.114. The maximum Gasteiger partial charge on any atom is 0.299 e. The summed E-state index contributed by atoms with van der Waals surface area (Å²) in [4.78, 5) is 24.4. The molecule has 1 aromatic rings. The number of unbranched alkanes of at least 4 members (excludes halogenated alkanes) is 1. The molecule has 0 fully saturated rings. The normalized spacial score (nSPS) is 14.4. The van der Waals surface area contributed by atoms with E-state index in [-0.39, 0.29) is 24.4 Å². The minimum absolute atomic E-state index is 0.0140. The van der Waals surface area contributed by atoms with Crippen molar-refractivity contribution in [3.63, 3.8) is 0 Å². The van der Waals surface area contributed by atoms with Crippen LogP contribution in [0.1, 0.15) is 23.2 Å². The monoisotopic (exact) mass is 237 g/mol. The van der Waals surface area contributed by atoms with Crippen LogP contribution in [0.2, 0.25) is 0 Å². The highest BCUT2D eigenvalue weighted by Crippen LogP contribution is 2.31. The number of hydrogen-bond donors (Lipinski definition) is 1. The van der Waals surface area contributed by atoms with Crippen molar-refractivity contribution >= 4 is 17.4 Å². The number of ketones is 1. The number of halogens is 1. The predicted octanol–water partition coefficient (Wildman–Crippen LogP) is 1.13. The number of carbonyl (C=O) groups is 2. The van der Waals surface area contributed by atoms with Gasteiger partial charge in [-0.05, 0) is 25.0 Å². The molecule has 0 aliphatic carbocycles. The summed E-state index contributed by atoms with van der Waals surface area (Å²) in [7, 11) is 0. The van der Waals surface area contributed by atoms with Crippen LogP contribution in [0.15, 0.2) is 18.2 Å². The first-order valence-corrected chi connectivity index (χ1v) is 5.42. The van der Waals surface area contributed by atoms with Gasteiger partial charge in [0.2, 0.25) is 0 Å². The topological polar surface area (TPSA) is 57.6 Å². The molecule has 0 spiro atoms. The van der Waals surface area contributed by atoms with Crippen molar-refractivity contribution in [3.05, 3.63) is 29.6 Å². The molecule has 1 aliphatic heterocycles. The molecule has 0 unspecified atom stereocenters. The smallest absolute Gasteiger partial charge is 0.299 e. The highest BCUT2D eigenvalue weighted by Gasteiger charge is 2.37. The average molecular weight is 237 g/mol. The summed E-state index contributed by atoms with van der Waals surface area (Å²) in [5, 5.41) is 8.66. The molecule has 0 saturated heterocycles. The van der Waals surface area contributed by atoms with Crippen molar-refractivity contribution in [2.24, 2.45) is 0 Å². The number of aliphatic hydroxyl groups is 1. The van der Waals surface area contributed by atoms with Crippen LogP contribution in [0.5, 0.6) is 0 Å². The summed E-state index contributed by atoms with van der Waals surface area (Å²) in [6, 6.07) is 4.09. The van der Waals surface area contributed by atoms with Crippen LogP contribution in [0.4, 0.5) is 10.1 Å². The highest BCUT2D eigenvalue weighted by atomic mass is 19.1. The summed E-state index contributed by atoms with van der Waals surface area (Å²) in [5.74, 6) is -1.92. The van der Waals surface area contributed by atoms with Crippen LogP contribution in [0, 0.1) is 5.82 Å². The molecule has 1 amide bonds. The van der Waals surface area contributed by atoms with Crippen LogP contribution in [-0.4, -0.2) is 29.9 Å². The molecule has 1 N–H and O–H groups in total. The molecule has 0 bridgehead atoms. The van der Waals surface area contributed by atoms with Gasteiger partial charge in [-0.3, -0.25) is 9.59 Å². The van der Waals surface area contributed by atoms with Crippen molar-refractivity contribution < 1.29 is 19.1 Å². The summed E-state index contributed by atoms with van der Waals surface area (Å²) in [6.07, 6.45) is 1.05. The molecule has 4 nitrogen and oxygen atoms in total. The first-order valence-electron chi connectivity index (χ1n) is 5.42. The molecule has 17 heavy (non-hydrogen) atoms. The van der Waals surface area contributed by atoms with E-state index >= 15 is 0 Å². The van der Waals surface area contributed by atoms with Crippen molar-refractivity contribution in [2.75, 3.05) is 18.1 Å². The number of rotatable bonds is 4. The number of nitrogens with zero attached hydrogens (tertiary/aromatic N) is 1. The van der Waals surface area contributed by atoms with Gasteiger partial charge in [0.25, 0.3) is 11.7 Å². The number of aliphatic hydroxyl groups excluding tert-OH is 1. The minimum atomic E-state index is -0.692. The van der Waals surface area contributed by atoms with Gasteiger partial charge in [-0.2, -0.15) is 0 Å². The van der Waals surface area contributed by atoms with Crippen molar-refractivity contribution in [1.29, 1.82) is 0 Å². The number of amides is 1. The van der Waals surface area contributed by atoms with E-state index in [4.69, 9.17) is 5.11 Å². The molecule has 1 aliphatic rings. The first-order chi connectivity index (χ1) is 8.16.